The van der Waals surface area contributed by atoms with Gasteiger partial charge in [0, 0.05) is 12.8 Å². The SMILES string of the molecule is CC/C=C\C/C=C\CC(O)/C=C/C=C\C/C=C\C/C=C\CCC(=O)OC[C@H](COP(=O)(O)OC[C@@H](O)COP(=O)(O)O)OC(=O)CCCCCCCCC/C=C\CCCCCC. The number of hydrogen-bond donors (Lipinski definition) is 5. The van der Waals surface area contributed by atoms with Crippen LogP contribution >= 0.6 is 15.6 Å². The molecule has 0 saturated carbocycles. The molecule has 62 heavy (non-hydrogen) atoms. The zero-order valence-electron chi connectivity index (χ0n) is 37.3. The number of unbranched alkanes of at least 4 members (excludes halogenated alkanes) is 11. The first-order valence-electron chi connectivity index (χ1n) is 22.4. The zero-order chi connectivity index (χ0) is 46.0. The van der Waals surface area contributed by atoms with Crippen LogP contribution in [0.15, 0.2) is 85.1 Å². The molecule has 0 heterocycles. The average Bonchev–Trinajstić information content (AvgIpc) is 3.23. The normalized spacial score (nSPS) is 15.3. The zero-order valence-corrected chi connectivity index (χ0v) is 39.1. The summed E-state index contributed by atoms with van der Waals surface area (Å²) in [6.07, 6.45) is 43.3. The van der Waals surface area contributed by atoms with Crippen LogP contribution in [0.3, 0.4) is 0 Å². The number of allylic oxidation sites excluding steroid dienone is 12. The first-order valence-corrected chi connectivity index (χ1v) is 25.4. The van der Waals surface area contributed by atoms with E-state index in [0.717, 1.165) is 64.2 Å². The van der Waals surface area contributed by atoms with Crippen molar-refractivity contribution in [1.82, 2.24) is 0 Å². The Hall–Kier alpha value is -2.74. The van der Waals surface area contributed by atoms with Gasteiger partial charge in [-0.1, -0.05) is 150 Å². The second-order valence-electron chi connectivity index (χ2n) is 14.8. The quantitative estimate of drug-likeness (QED) is 0.0127. The van der Waals surface area contributed by atoms with Crippen molar-refractivity contribution < 1.29 is 66.7 Å². The van der Waals surface area contributed by atoms with E-state index in [9.17, 15) is 33.8 Å². The molecule has 0 radical (unpaired) electrons. The van der Waals surface area contributed by atoms with E-state index in [-0.39, 0.29) is 12.8 Å². The first-order chi connectivity index (χ1) is 29.8. The molecular weight excluding hydrogens is 838 g/mol. The van der Waals surface area contributed by atoms with Crippen molar-refractivity contribution in [3.8, 4) is 0 Å². The fourth-order valence-electron chi connectivity index (χ4n) is 5.45. The molecular formula is C46H78O14P2. The Morgan fingerprint density at radius 1 is 0.548 bits per heavy atom. The van der Waals surface area contributed by atoms with Crippen molar-refractivity contribution in [3.63, 3.8) is 0 Å². The Morgan fingerprint density at radius 3 is 1.76 bits per heavy atom. The molecule has 0 aromatic rings. The lowest BCUT2D eigenvalue weighted by Crippen LogP contribution is -2.29. The standard InChI is InChI=1S/C46H78O14P2/c1-3-5-7-9-11-12-13-14-15-16-17-22-25-29-33-37-46(50)60-44(41-59-62(54,55)58-39-43(48)38-57-61(51,52)53)40-56-45(49)36-32-28-24-21-19-18-20-23-27-31-35-42(47)34-30-26-10-8-6-4-2/h6,8,12-13,18-19,23-24,26-28,30-31,35,42-44,47-48H,3-5,7,9-11,14-17,20-22,25,29,32-34,36-41H2,1-2H3,(H,54,55)(H2,51,52,53)/b8-6-,13-12-,19-18-,27-23-,28-24-,30-26-,35-31+/t42?,43-,44+/m0/s1. The third kappa shape index (κ3) is 43.9. The highest BCUT2D eigenvalue weighted by Crippen LogP contribution is 2.43. The van der Waals surface area contributed by atoms with Gasteiger partial charge in [0.1, 0.15) is 12.7 Å². The van der Waals surface area contributed by atoms with Gasteiger partial charge in [-0.3, -0.25) is 23.2 Å². The molecule has 0 amide bonds. The Kier molecular flexibility index (Phi) is 39.2. The molecule has 4 atom stereocenters. The number of rotatable bonds is 41. The van der Waals surface area contributed by atoms with Gasteiger partial charge in [-0.2, -0.15) is 0 Å². The molecule has 5 N–H and O–H groups in total. The molecule has 0 aliphatic heterocycles. The summed E-state index contributed by atoms with van der Waals surface area (Å²) in [4.78, 5) is 52.7. The van der Waals surface area contributed by atoms with E-state index in [1.54, 1.807) is 6.08 Å². The van der Waals surface area contributed by atoms with Crippen molar-refractivity contribution in [2.75, 3.05) is 26.4 Å². The van der Waals surface area contributed by atoms with Crippen molar-refractivity contribution >= 4 is 27.6 Å². The number of phosphoric ester groups is 2. The summed E-state index contributed by atoms with van der Waals surface area (Å²) in [6.45, 7) is 1.46. The minimum absolute atomic E-state index is 0.0420. The predicted molar refractivity (Wildman–Crippen MR) is 245 cm³/mol. The van der Waals surface area contributed by atoms with Crippen molar-refractivity contribution in [1.29, 1.82) is 0 Å². The second kappa shape index (κ2) is 41.0. The number of carbonyl (C=O) groups excluding carboxylic acids is 2. The average molecular weight is 917 g/mol. The van der Waals surface area contributed by atoms with E-state index in [4.69, 9.17) is 23.8 Å². The van der Waals surface area contributed by atoms with E-state index in [1.165, 1.54) is 32.1 Å². The van der Waals surface area contributed by atoms with Gasteiger partial charge < -0.3 is 34.4 Å². The van der Waals surface area contributed by atoms with E-state index in [2.05, 4.69) is 47.2 Å². The van der Waals surface area contributed by atoms with Crippen LogP contribution in [0.5, 0.6) is 0 Å². The maximum atomic E-state index is 12.7. The van der Waals surface area contributed by atoms with Gasteiger partial charge >= 0.3 is 27.6 Å². The van der Waals surface area contributed by atoms with Crippen LogP contribution in [0.1, 0.15) is 149 Å². The Bertz CT molecular complexity index is 1430. The van der Waals surface area contributed by atoms with Gasteiger partial charge in [-0.15, -0.1) is 0 Å². The molecule has 0 aliphatic rings. The molecule has 16 heteroatoms. The smallest absolute Gasteiger partial charge is 0.462 e. The summed E-state index contributed by atoms with van der Waals surface area (Å²) >= 11 is 0. The number of phosphoric acid groups is 2. The fraction of sp³-hybridized carbons (Fsp3) is 0.652. The Balaban J connectivity index is 4.69. The molecule has 14 nitrogen and oxygen atoms in total. The molecule has 0 fully saturated rings. The van der Waals surface area contributed by atoms with Crippen LogP contribution in [0, 0.1) is 0 Å². The maximum Gasteiger partial charge on any atom is 0.472 e. The van der Waals surface area contributed by atoms with Gasteiger partial charge in [0.2, 0.25) is 0 Å². The van der Waals surface area contributed by atoms with E-state index >= 15 is 0 Å². The number of aliphatic hydroxyl groups excluding tert-OH is 2. The molecule has 0 bridgehead atoms. The lowest BCUT2D eigenvalue weighted by atomic mass is 10.1. The highest BCUT2D eigenvalue weighted by Gasteiger charge is 2.28. The maximum absolute atomic E-state index is 12.7. The van der Waals surface area contributed by atoms with Crippen molar-refractivity contribution in [3.05, 3.63) is 85.1 Å². The highest BCUT2D eigenvalue weighted by atomic mass is 31.2. The van der Waals surface area contributed by atoms with Crippen LogP contribution in [0.2, 0.25) is 0 Å². The van der Waals surface area contributed by atoms with E-state index < -0.39 is 72.3 Å². The largest absolute Gasteiger partial charge is 0.472 e. The summed E-state index contributed by atoms with van der Waals surface area (Å²) < 4.78 is 47.7. The molecule has 356 valence electrons. The third-order valence-electron chi connectivity index (χ3n) is 8.85. The molecule has 0 spiro atoms. The number of ether oxygens (including phenoxy) is 2. The lowest BCUT2D eigenvalue weighted by molar-refractivity contribution is -0.161. The van der Waals surface area contributed by atoms with Crippen LogP contribution in [-0.2, 0) is 41.8 Å². The highest BCUT2D eigenvalue weighted by molar-refractivity contribution is 7.47. The van der Waals surface area contributed by atoms with Crippen LogP contribution < -0.4 is 0 Å². The summed E-state index contributed by atoms with van der Waals surface area (Å²) in [6, 6.07) is 0. The monoisotopic (exact) mass is 916 g/mol. The summed E-state index contributed by atoms with van der Waals surface area (Å²) in [5, 5.41) is 19.7. The fourth-order valence-corrected chi connectivity index (χ4v) is 6.61. The molecule has 2 unspecified atom stereocenters. The third-order valence-corrected chi connectivity index (χ3v) is 10.3. The molecule has 0 saturated heterocycles. The Labute approximate surface area is 371 Å². The Morgan fingerprint density at radius 2 is 1.10 bits per heavy atom. The summed E-state index contributed by atoms with van der Waals surface area (Å²) in [5.74, 6) is -1.17. The van der Waals surface area contributed by atoms with Crippen LogP contribution in [0.25, 0.3) is 0 Å². The minimum Gasteiger partial charge on any atom is -0.462 e. The minimum atomic E-state index is -4.88. The van der Waals surface area contributed by atoms with Crippen LogP contribution in [-0.4, -0.2) is 81.6 Å². The molecule has 0 rings (SSSR count). The van der Waals surface area contributed by atoms with Crippen molar-refractivity contribution in [2.45, 2.75) is 167 Å². The number of hydrogen-bond acceptors (Lipinski definition) is 11. The van der Waals surface area contributed by atoms with E-state index in [0.29, 0.717) is 25.7 Å². The summed E-state index contributed by atoms with van der Waals surface area (Å²) in [5.41, 5.74) is 0. The molecule has 0 aromatic carbocycles. The molecule has 0 aliphatic carbocycles. The van der Waals surface area contributed by atoms with Gasteiger partial charge in [0.15, 0.2) is 6.10 Å². The topological polar surface area (TPSA) is 216 Å². The predicted octanol–water partition coefficient (Wildman–Crippen LogP) is 10.5. The summed E-state index contributed by atoms with van der Waals surface area (Å²) in [7, 11) is -9.72. The number of carbonyl (C=O) groups is 2. The van der Waals surface area contributed by atoms with Gasteiger partial charge in [-0.25, -0.2) is 9.13 Å². The van der Waals surface area contributed by atoms with E-state index in [1.807, 2.05) is 54.7 Å². The second-order valence-corrected chi connectivity index (χ2v) is 17.5. The van der Waals surface area contributed by atoms with Crippen LogP contribution in [0.4, 0.5) is 0 Å². The lowest BCUT2D eigenvalue weighted by Gasteiger charge is -2.20. The number of esters is 2. The van der Waals surface area contributed by atoms with Gasteiger partial charge in [0.05, 0.1) is 25.9 Å². The first kappa shape index (κ1) is 59.3. The number of aliphatic hydroxyl groups is 2. The van der Waals surface area contributed by atoms with Gasteiger partial charge in [-0.05, 0) is 70.6 Å². The molecule has 0 aromatic heterocycles. The van der Waals surface area contributed by atoms with Gasteiger partial charge in [0.25, 0.3) is 0 Å². The van der Waals surface area contributed by atoms with Crippen molar-refractivity contribution in [2.24, 2.45) is 0 Å².